The van der Waals surface area contributed by atoms with E-state index in [1.54, 1.807) is 4.31 Å². The standard InChI is InChI=1S/C12H26N2O3S/c1-12(2)4-11-18(16,17)14-6-3-5-13(7-8-14)9-10-15/h12,15H,3-11H2,1-2H3. The highest BCUT2D eigenvalue weighted by Gasteiger charge is 2.24. The van der Waals surface area contributed by atoms with Gasteiger partial charge in [-0.05, 0) is 25.3 Å². The number of nitrogens with zero attached hydrogens (tertiary/aromatic N) is 2. The van der Waals surface area contributed by atoms with Crippen LogP contribution in [0.1, 0.15) is 26.7 Å². The summed E-state index contributed by atoms with van der Waals surface area (Å²) in [5.74, 6) is 0.669. The van der Waals surface area contributed by atoms with Crippen molar-refractivity contribution >= 4 is 10.0 Å². The fraction of sp³-hybridized carbons (Fsp3) is 1.00. The molecule has 1 aliphatic rings. The van der Waals surface area contributed by atoms with Crippen molar-refractivity contribution in [3.05, 3.63) is 0 Å². The van der Waals surface area contributed by atoms with Crippen LogP contribution in [-0.2, 0) is 10.0 Å². The Balaban J connectivity index is 2.51. The quantitative estimate of drug-likeness (QED) is 0.762. The van der Waals surface area contributed by atoms with Gasteiger partial charge in [-0.25, -0.2) is 12.7 Å². The number of sulfonamides is 1. The van der Waals surface area contributed by atoms with Crippen molar-refractivity contribution in [1.29, 1.82) is 0 Å². The second kappa shape index (κ2) is 7.43. The highest BCUT2D eigenvalue weighted by atomic mass is 32.2. The molecule has 0 radical (unpaired) electrons. The minimum atomic E-state index is -3.10. The first-order chi connectivity index (χ1) is 8.45. The van der Waals surface area contributed by atoms with Gasteiger partial charge in [0.15, 0.2) is 0 Å². The van der Waals surface area contributed by atoms with Crippen molar-refractivity contribution in [3.8, 4) is 0 Å². The zero-order chi connectivity index (χ0) is 13.6. The zero-order valence-electron chi connectivity index (χ0n) is 11.5. The van der Waals surface area contributed by atoms with Gasteiger partial charge in [-0.3, -0.25) is 4.90 Å². The van der Waals surface area contributed by atoms with Crippen molar-refractivity contribution in [1.82, 2.24) is 9.21 Å². The van der Waals surface area contributed by atoms with Crippen LogP contribution < -0.4 is 0 Å². The predicted octanol–water partition coefficient (Wildman–Crippen LogP) is 0.362. The van der Waals surface area contributed by atoms with Gasteiger partial charge in [0.25, 0.3) is 0 Å². The molecular formula is C12H26N2O3S. The Kier molecular flexibility index (Phi) is 6.55. The highest BCUT2D eigenvalue weighted by molar-refractivity contribution is 7.89. The third kappa shape index (κ3) is 5.22. The van der Waals surface area contributed by atoms with Gasteiger partial charge in [0.1, 0.15) is 0 Å². The molecule has 0 aliphatic carbocycles. The SMILES string of the molecule is CC(C)CCS(=O)(=O)N1CCCN(CCO)CC1. The summed E-state index contributed by atoms with van der Waals surface area (Å²) in [5.41, 5.74) is 0. The Labute approximate surface area is 111 Å². The van der Waals surface area contributed by atoms with Gasteiger partial charge in [-0.2, -0.15) is 0 Å². The van der Waals surface area contributed by atoms with E-state index in [4.69, 9.17) is 5.11 Å². The molecule has 0 spiro atoms. The summed E-state index contributed by atoms with van der Waals surface area (Å²) in [6, 6.07) is 0. The van der Waals surface area contributed by atoms with E-state index in [1.807, 2.05) is 13.8 Å². The van der Waals surface area contributed by atoms with Crippen LogP contribution in [0.15, 0.2) is 0 Å². The first-order valence-electron chi connectivity index (χ1n) is 6.76. The number of β-amino-alcohol motifs (C(OH)–C–C–N with tert-alkyl or cyclic N) is 1. The summed E-state index contributed by atoms with van der Waals surface area (Å²) >= 11 is 0. The van der Waals surface area contributed by atoms with Crippen LogP contribution in [0.3, 0.4) is 0 Å². The van der Waals surface area contributed by atoms with E-state index in [-0.39, 0.29) is 12.4 Å². The fourth-order valence-corrected chi connectivity index (χ4v) is 3.90. The van der Waals surface area contributed by atoms with Crippen LogP contribution in [0.2, 0.25) is 0 Å². The Hall–Kier alpha value is -0.170. The minimum absolute atomic E-state index is 0.139. The molecular weight excluding hydrogens is 252 g/mol. The lowest BCUT2D eigenvalue weighted by molar-refractivity contribution is 0.202. The third-order valence-electron chi connectivity index (χ3n) is 3.31. The number of hydrogen-bond acceptors (Lipinski definition) is 4. The molecule has 108 valence electrons. The minimum Gasteiger partial charge on any atom is -0.395 e. The molecule has 1 fully saturated rings. The van der Waals surface area contributed by atoms with Gasteiger partial charge >= 0.3 is 0 Å². The van der Waals surface area contributed by atoms with E-state index in [9.17, 15) is 8.42 Å². The molecule has 0 aromatic carbocycles. The summed E-state index contributed by atoms with van der Waals surface area (Å²) in [6.07, 6.45) is 1.57. The first kappa shape index (κ1) is 15.9. The molecule has 0 amide bonds. The van der Waals surface area contributed by atoms with Gasteiger partial charge in [-0.15, -0.1) is 0 Å². The lowest BCUT2D eigenvalue weighted by Gasteiger charge is -2.21. The summed E-state index contributed by atoms with van der Waals surface area (Å²) in [5, 5.41) is 8.91. The molecule has 0 atom stereocenters. The maximum atomic E-state index is 12.2. The third-order valence-corrected chi connectivity index (χ3v) is 5.21. The molecule has 1 rings (SSSR count). The second-order valence-electron chi connectivity index (χ2n) is 5.32. The van der Waals surface area contributed by atoms with Gasteiger partial charge in [0, 0.05) is 26.2 Å². The molecule has 1 aliphatic heterocycles. The smallest absolute Gasteiger partial charge is 0.214 e. The van der Waals surface area contributed by atoms with Crippen LogP contribution in [0.25, 0.3) is 0 Å². The van der Waals surface area contributed by atoms with Gasteiger partial charge in [-0.1, -0.05) is 13.8 Å². The number of aliphatic hydroxyl groups is 1. The topological polar surface area (TPSA) is 60.9 Å². The lowest BCUT2D eigenvalue weighted by Crippen LogP contribution is -2.37. The van der Waals surface area contributed by atoms with Gasteiger partial charge in [0.2, 0.25) is 10.0 Å². The normalized spacial score (nSPS) is 20.2. The lowest BCUT2D eigenvalue weighted by atomic mass is 10.2. The molecule has 0 saturated carbocycles. The Morgan fingerprint density at radius 3 is 2.50 bits per heavy atom. The number of hydrogen-bond donors (Lipinski definition) is 1. The number of aliphatic hydroxyl groups excluding tert-OH is 1. The summed E-state index contributed by atoms with van der Waals surface area (Å²) < 4.78 is 25.9. The molecule has 5 nitrogen and oxygen atoms in total. The fourth-order valence-electron chi connectivity index (χ4n) is 2.10. The summed E-state index contributed by atoms with van der Waals surface area (Å²) in [7, 11) is -3.10. The maximum absolute atomic E-state index is 12.2. The molecule has 1 saturated heterocycles. The van der Waals surface area contributed by atoms with E-state index in [0.717, 1.165) is 25.9 Å². The zero-order valence-corrected chi connectivity index (χ0v) is 12.3. The molecule has 18 heavy (non-hydrogen) atoms. The molecule has 0 aromatic rings. The summed E-state index contributed by atoms with van der Waals surface area (Å²) in [4.78, 5) is 2.12. The average Bonchev–Trinajstić information content (AvgIpc) is 2.53. The van der Waals surface area contributed by atoms with Gasteiger partial charge < -0.3 is 5.11 Å². The molecule has 1 N–H and O–H groups in total. The first-order valence-corrected chi connectivity index (χ1v) is 8.37. The highest BCUT2D eigenvalue weighted by Crippen LogP contribution is 2.11. The molecule has 0 aromatic heterocycles. The second-order valence-corrected chi connectivity index (χ2v) is 7.40. The van der Waals surface area contributed by atoms with E-state index >= 15 is 0 Å². The largest absolute Gasteiger partial charge is 0.395 e. The van der Waals surface area contributed by atoms with Gasteiger partial charge in [0.05, 0.1) is 12.4 Å². The molecule has 0 unspecified atom stereocenters. The van der Waals surface area contributed by atoms with Crippen molar-refractivity contribution in [2.75, 3.05) is 45.1 Å². The van der Waals surface area contributed by atoms with Crippen LogP contribution in [-0.4, -0.2) is 67.8 Å². The van der Waals surface area contributed by atoms with Crippen molar-refractivity contribution in [2.45, 2.75) is 26.7 Å². The van der Waals surface area contributed by atoms with Crippen molar-refractivity contribution < 1.29 is 13.5 Å². The number of rotatable bonds is 6. The van der Waals surface area contributed by atoms with Crippen molar-refractivity contribution in [3.63, 3.8) is 0 Å². The monoisotopic (exact) mass is 278 g/mol. The van der Waals surface area contributed by atoms with E-state index in [1.165, 1.54) is 0 Å². The predicted molar refractivity (Wildman–Crippen MR) is 73.0 cm³/mol. The van der Waals surface area contributed by atoms with E-state index in [2.05, 4.69) is 4.90 Å². The van der Waals surface area contributed by atoms with Crippen molar-refractivity contribution in [2.24, 2.45) is 5.92 Å². The molecule has 1 heterocycles. The average molecular weight is 278 g/mol. The molecule has 6 heteroatoms. The molecule has 0 bridgehead atoms. The Morgan fingerprint density at radius 1 is 1.17 bits per heavy atom. The van der Waals surface area contributed by atoms with Crippen LogP contribution in [0.5, 0.6) is 0 Å². The Morgan fingerprint density at radius 2 is 1.89 bits per heavy atom. The van der Waals surface area contributed by atoms with E-state index in [0.29, 0.717) is 25.6 Å². The van der Waals surface area contributed by atoms with E-state index < -0.39 is 10.0 Å². The maximum Gasteiger partial charge on any atom is 0.214 e. The summed E-state index contributed by atoms with van der Waals surface area (Å²) in [6.45, 7) is 7.63. The van der Waals surface area contributed by atoms with Crippen LogP contribution in [0.4, 0.5) is 0 Å². The van der Waals surface area contributed by atoms with Crippen LogP contribution >= 0.6 is 0 Å². The Bertz CT molecular complexity index is 330. The van der Waals surface area contributed by atoms with Crippen LogP contribution in [0, 0.1) is 5.92 Å².